The monoisotopic (exact) mass is 335 g/mol. The van der Waals surface area contributed by atoms with E-state index in [4.69, 9.17) is 9.47 Å². The van der Waals surface area contributed by atoms with Gasteiger partial charge in [-0.1, -0.05) is 12.1 Å². The molecule has 0 radical (unpaired) electrons. The van der Waals surface area contributed by atoms with Crippen LogP contribution in [0.15, 0.2) is 24.3 Å². The van der Waals surface area contributed by atoms with Crippen molar-refractivity contribution in [1.29, 1.82) is 0 Å². The van der Waals surface area contributed by atoms with E-state index in [1.807, 2.05) is 0 Å². The second-order valence-electron chi connectivity index (χ2n) is 5.64. The van der Waals surface area contributed by atoms with Crippen molar-refractivity contribution in [1.82, 2.24) is 9.80 Å². The number of para-hydroxylation sites is 1. The van der Waals surface area contributed by atoms with Gasteiger partial charge in [0, 0.05) is 46.4 Å². The molecule has 0 aliphatic carbocycles. The van der Waals surface area contributed by atoms with Gasteiger partial charge in [0.05, 0.1) is 18.4 Å². The lowest BCUT2D eigenvalue weighted by atomic mass is 10.2. The summed E-state index contributed by atoms with van der Waals surface area (Å²) in [5.41, 5.74) is 0.823. The molecule has 2 amide bonds. The zero-order valence-corrected chi connectivity index (χ0v) is 14.3. The van der Waals surface area contributed by atoms with Crippen molar-refractivity contribution in [2.75, 3.05) is 58.9 Å². The van der Waals surface area contributed by atoms with Gasteiger partial charge in [0.25, 0.3) is 0 Å². The van der Waals surface area contributed by atoms with Crippen LogP contribution in [-0.2, 0) is 9.47 Å². The van der Waals surface area contributed by atoms with Crippen molar-refractivity contribution >= 4 is 17.7 Å². The molecule has 1 heterocycles. The minimum atomic E-state index is -0.464. The number of hydrogen-bond donors (Lipinski definition) is 1. The minimum absolute atomic E-state index is 0.192. The number of anilines is 1. The van der Waals surface area contributed by atoms with E-state index >= 15 is 0 Å². The Balaban J connectivity index is 1.87. The highest BCUT2D eigenvalue weighted by atomic mass is 16.5. The van der Waals surface area contributed by atoms with Crippen molar-refractivity contribution in [3.05, 3.63) is 29.8 Å². The molecule has 0 atom stereocenters. The first-order valence-corrected chi connectivity index (χ1v) is 8.10. The highest BCUT2D eigenvalue weighted by Gasteiger charge is 2.22. The molecule has 132 valence electrons. The number of carbonyl (C=O) groups is 2. The SMILES string of the molecule is COCCCN1CCN(C(=O)Nc2ccccc2C(=O)OC)CC1. The Morgan fingerprint density at radius 1 is 1.12 bits per heavy atom. The zero-order chi connectivity index (χ0) is 17.4. The summed E-state index contributed by atoms with van der Waals surface area (Å²) in [7, 11) is 3.03. The normalized spacial score (nSPS) is 15.2. The van der Waals surface area contributed by atoms with E-state index in [-0.39, 0.29) is 6.03 Å². The molecule has 24 heavy (non-hydrogen) atoms. The molecule has 0 saturated carbocycles. The van der Waals surface area contributed by atoms with Crippen molar-refractivity contribution in [2.45, 2.75) is 6.42 Å². The van der Waals surface area contributed by atoms with E-state index in [1.165, 1.54) is 7.11 Å². The Morgan fingerprint density at radius 2 is 1.83 bits per heavy atom. The first-order valence-electron chi connectivity index (χ1n) is 8.10. The summed E-state index contributed by atoms with van der Waals surface area (Å²) in [6, 6.07) is 6.65. The number of hydrogen-bond acceptors (Lipinski definition) is 5. The number of nitrogens with zero attached hydrogens (tertiary/aromatic N) is 2. The molecule has 1 saturated heterocycles. The summed E-state index contributed by atoms with van der Waals surface area (Å²) >= 11 is 0. The molecule has 0 spiro atoms. The van der Waals surface area contributed by atoms with Gasteiger partial charge >= 0.3 is 12.0 Å². The summed E-state index contributed by atoms with van der Waals surface area (Å²) < 4.78 is 9.80. The lowest BCUT2D eigenvalue weighted by Crippen LogP contribution is -2.50. The van der Waals surface area contributed by atoms with E-state index < -0.39 is 5.97 Å². The van der Waals surface area contributed by atoms with Crippen LogP contribution in [0.4, 0.5) is 10.5 Å². The van der Waals surface area contributed by atoms with Crippen LogP contribution in [0.5, 0.6) is 0 Å². The molecule has 1 aromatic rings. The molecule has 0 unspecified atom stereocenters. The van der Waals surface area contributed by atoms with E-state index in [0.29, 0.717) is 24.3 Å². The Kier molecular flexibility index (Phi) is 7.02. The number of urea groups is 1. The maximum atomic E-state index is 12.4. The third-order valence-corrected chi connectivity index (χ3v) is 4.06. The van der Waals surface area contributed by atoms with E-state index in [0.717, 1.165) is 32.7 Å². The molecule has 1 aliphatic rings. The minimum Gasteiger partial charge on any atom is -0.465 e. The number of esters is 1. The smallest absolute Gasteiger partial charge is 0.339 e. The number of methoxy groups -OCH3 is 2. The summed E-state index contributed by atoms with van der Waals surface area (Å²) in [4.78, 5) is 28.3. The van der Waals surface area contributed by atoms with Crippen LogP contribution in [0.25, 0.3) is 0 Å². The molecule has 7 heteroatoms. The Labute approximate surface area is 142 Å². The fourth-order valence-electron chi connectivity index (χ4n) is 2.68. The molecule has 0 aromatic heterocycles. The zero-order valence-electron chi connectivity index (χ0n) is 14.3. The van der Waals surface area contributed by atoms with Crippen LogP contribution in [-0.4, -0.2) is 75.4 Å². The third-order valence-electron chi connectivity index (χ3n) is 4.06. The molecule has 1 aromatic carbocycles. The highest BCUT2D eigenvalue weighted by Crippen LogP contribution is 2.17. The number of carbonyl (C=O) groups excluding carboxylic acids is 2. The summed E-state index contributed by atoms with van der Waals surface area (Å²) in [6.07, 6.45) is 0.995. The Morgan fingerprint density at radius 3 is 2.50 bits per heavy atom. The summed E-state index contributed by atoms with van der Waals surface area (Å²) in [5, 5.41) is 2.81. The standard InChI is InChI=1S/C17H25N3O4/c1-23-13-5-8-19-9-11-20(12-10-19)17(22)18-15-7-4-3-6-14(15)16(21)24-2/h3-4,6-7H,5,8-13H2,1-2H3,(H,18,22). The highest BCUT2D eigenvalue weighted by molar-refractivity contribution is 6.00. The number of nitrogens with one attached hydrogen (secondary N) is 1. The van der Waals surface area contributed by atoms with Crippen LogP contribution in [0.3, 0.4) is 0 Å². The molecule has 1 aliphatic heterocycles. The molecule has 0 bridgehead atoms. The van der Waals surface area contributed by atoms with E-state index in [2.05, 4.69) is 10.2 Å². The van der Waals surface area contributed by atoms with E-state index in [9.17, 15) is 9.59 Å². The van der Waals surface area contributed by atoms with Gasteiger partial charge in [0.2, 0.25) is 0 Å². The lowest BCUT2D eigenvalue weighted by molar-refractivity contribution is 0.0602. The summed E-state index contributed by atoms with van der Waals surface area (Å²) in [6.45, 7) is 4.75. The predicted octanol–water partition coefficient (Wildman–Crippen LogP) is 1.66. The molecule has 1 N–H and O–H groups in total. The van der Waals surface area contributed by atoms with Crippen LogP contribution in [0.1, 0.15) is 16.8 Å². The van der Waals surface area contributed by atoms with Gasteiger partial charge in [-0.05, 0) is 18.6 Å². The maximum Gasteiger partial charge on any atom is 0.339 e. The molecular formula is C17H25N3O4. The number of ether oxygens (including phenoxy) is 2. The largest absolute Gasteiger partial charge is 0.465 e. The third kappa shape index (κ3) is 4.94. The van der Waals surface area contributed by atoms with Gasteiger partial charge in [-0.2, -0.15) is 0 Å². The van der Waals surface area contributed by atoms with Crippen LogP contribution in [0, 0.1) is 0 Å². The van der Waals surface area contributed by atoms with Gasteiger partial charge in [0.1, 0.15) is 0 Å². The quantitative estimate of drug-likeness (QED) is 0.632. The lowest BCUT2D eigenvalue weighted by Gasteiger charge is -2.34. The molecule has 1 fully saturated rings. The fourth-order valence-corrected chi connectivity index (χ4v) is 2.68. The summed E-state index contributed by atoms with van der Waals surface area (Å²) in [5.74, 6) is -0.464. The topological polar surface area (TPSA) is 71.1 Å². The molecule has 7 nitrogen and oxygen atoms in total. The van der Waals surface area contributed by atoms with Gasteiger partial charge < -0.3 is 19.7 Å². The number of amides is 2. The number of piperazine rings is 1. The van der Waals surface area contributed by atoms with Gasteiger partial charge in [0.15, 0.2) is 0 Å². The maximum absolute atomic E-state index is 12.4. The molecule has 2 rings (SSSR count). The van der Waals surface area contributed by atoms with Crippen molar-refractivity contribution in [3.8, 4) is 0 Å². The fraction of sp³-hybridized carbons (Fsp3) is 0.529. The second kappa shape index (κ2) is 9.24. The van der Waals surface area contributed by atoms with E-state index in [1.54, 1.807) is 36.3 Å². The first kappa shape index (κ1) is 18.2. The van der Waals surface area contributed by atoms with Crippen molar-refractivity contribution in [2.24, 2.45) is 0 Å². The Bertz CT molecular complexity index is 557. The Hall–Kier alpha value is -2.12. The van der Waals surface area contributed by atoms with Crippen LogP contribution < -0.4 is 5.32 Å². The number of rotatable bonds is 6. The van der Waals surface area contributed by atoms with Gasteiger partial charge in [-0.25, -0.2) is 9.59 Å². The van der Waals surface area contributed by atoms with Crippen LogP contribution >= 0.6 is 0 Å². The second-order valence-corrected chi connectivity index (χ2v) is 5.64. The number of benzene rings is 1. The molecular weight excluding hydrogens is 310 g/mol. The average molecular weight is 335 g/mol. The van der Waals surface area contributed by atoms with Crippen molar-refractivity contribution in [3.63, 3.8) is 0 Å². The average Bonchev–Trinajstić information content (AvgIpc) is 2.62. The van der Waals surface area contributed by atoms with Crippen LogP contribution in [0.2, 0.25) is 0 Å². The predicted molar refractivity (Wildman–Crippen MR) is 91.3 cm³/mol. The first-order chi connectivity index (χ1) is 11.7. The van der Waals surface area contributed by atoms with Gasteiger partial charge in [-0.15, -0.1) is 0 Å². The van der Waals surface area contributed by atoms with Gasteiger partial charge in [-0.3, -0.25) is 4.90 Å². The van der Waals surface area contributed by atoms with Crippen molar-refractivity contribution < 1.29 is 19.1 Å².